The molecule has 7 heteroatoms. The number of halogens is 4. The SMILES string of the molecule is N[C@@H](c1ccc(OC(F)(F)F)c(Cl)c1)[C@H](O)C1CCCC1. The fourth-order valence-electron chi connectivity index (χ4n) is 2.72. The number of aliphatic hydroxyl groups excluding tert-OH is 1. The Bertz CT molecular complexity index is 490. The van der Waals surface area contributed by atoms with Gasteiger partial charge in [0.15, 0.2) is 0 Å². The number of aliphatic hydroxyl groups is 1. The van der Waals surface area contributed by atoms with Crippen molar-refractivity contribution < 1.29 is 23.0 Å². The molecular formula is C14H17ClF3NO2. The predicted octanol–water partition coefficient (Wildman–Crippen LogP) is 3.79. The molecule has 1 aromatic carbocycles. The van der Waals surface area contributed by atoms with Crippen LogP contribution < -0.4 is 10.5 Å². The summed E-state index contributed by atoms with van der Waals surface area (Å²) in [4.78, 5) is 0. The first-order chi connectivity index (χ1) is 9.78. The Morgan fingerprint density at radius 2 is 1.90 bits per heavy atom. The Labute approximate surface area is 125 Å². The van der Waals surface area contributed by atoms with E-state index in [1.807, 2.05) is 0 Å². The van der Waals surface area contributed by atoms with Gasteiger partial charge in [0.25, 0.3) is 0 Å². The largest absolute Gasteiger partial charge is 0.573 e. The van der Waals surface area contributed by atoms with E-state index in [2.05, 4.69) is 4.74 Å². The second-order valence-corrected chi connectivity index (χ2v) is 5.71. The van der Waals surface area contributed by atoms with Crippen molar-refractivity contribution in [3.05, 3.63) is 28.8 Å². The lowest BCUT2D eigenvalue weighted by Gasteiger charge is -2.25. The van der Waals surface area contributed by atoms with E-state index >= 15 is 0 Å². The monoisotopic (exact) mass is 323 g/mol. The average molecular weight is 324 g/mol. The molecule has 0 bridgehead atoms. The molecule has 0 amide bonds. The molecule has 0 unspecified atom stereocenters. The zero-order chi connectivity index (χ0) is 15.6. The summed E-state index contributed by atoms with van der Waals surface area (Å²) in [5, 5.41) is 10.1. The van der Waals surface area contributed by atoms with Gasteiger partial charge in [-0.1, -0.05) is 30.5 Å². The van der Waals surface area contributed by atoms with E-state index in [1.54, 1.807) is 0 Å². The quantitative estimate of drug-likeness (QED) is 0.886. The maximum Gasteiger partial charge on any atom is 0.573 e. The van der Waals surface area contributed by atoms with E-state index in [9.17, 15) is 18.3 Å². The first-order valence-corrected chi connectivity index (χ1v) is 7.14. The summed E-state index contributed by atoms with van der Waals surface area (Å²) >= 11 is 5.78. The molecule has 0 radical (unpaired) electrons. The van der Waals surface area contributed by atoms with Gasteiger partial charge in [0.2, 0.25) is 0 Å². The molecular weight excluding hydrogens is 307 g/mol. The molecule has 3 nitrogen and oxygen atoms in total. The number of alkyl halides is 3. The van der Waals surface area contributed by atoms with Gasteiger partial charge in [-0.25, -0.2) is 0 Å². The molecule has 118 valence electrons. The topological polar surface area (TPSA) is 55.5 Å². The van der Waals surface area contributed by atoms with Crippen molar-refractivity contribution in [2.24, 2.45) is 11.7 Å². The molecule has 1 aromatic rings. The van der Waals surface area contributed by atoms with Crippen LogP contribution in [-0.2, 0) is 0 Å². The highest BCUT2D eigenvalue weighted by Crippen LogP contribution is 2.35. The van der Waals surface area contributed by atoms with E-state index in [0.717, 1.165) is 31.7 Å². The van der Waals surface area contributed by atoms with Crippen LogP contribution in [0.4, 0.5) is 13.2 Å². The van der Waals surface area contributed by atoms with Gasteiger partial charge in [-0.15, -0.1) is 13.2 Å². The Hall–Kier alpha value is -0.980. The lowest BCUT2D eigenvalue weighted by Crippen LogP contribution is -2.31. The molecule has 1 aliphatic carbocycles. The maximum atomic E-state index is 12.2. The number of rotatable bonds is 4. The molecule has 21 heavy (non-hydrogen) atoms. The van der Waals surface area contributed by atoms with Gasteiger partial charge in [-0.2, -0.15) is 0 Å². The predicted molar refractivity (Wildman–Crippen MR) is 73.0 cm³/mol. The average Bonchev–Trinajstić information content (AvgIpc) is 2.92. The van der Waals surface area contributed by atoms with Crippen LogP contribution in [0.25, 0.3) is 0 Å². The first kappa shape index (κ1) is 16.4. The number of benzene rings is 1. The summed E-state index contributed by atoms with van der Waals surface area (Å²) < 4.78 is 40.3. The standard InChI is InChI=1S/C14H17ClF3NO2/c15-10-7-9(5-6-11(10)21-14(16,17)18)12(19)13(20)8-3-1-2-4-8/h5-8,12-13,20H,1-4,19H2/t12-,13+/m0/s1. The van der Waals surface area contributed by atoms with Crippen molar-refractivity contribution in [1.29, 1.82) is 0 Å². The molecule has 1 aliphatic rings. The van der Waals surface area contributed by atoms with Crippen molar-refractivity contribution in [3.8, 4) is 5.75 Å². The lowest BCUT2D eigenvalue weighted by molar-refractivity contribution is -0.274. The van der Waals surface area contributed by atoms with Crippen LogP contribution >= 0.6 is 11.6 Å². The zero-order valence-electron chi connectivity index (χ0n) is 11.2. The minimum atomic E-state index is -4.80. The van der Waals surface area contributed by atoms with Crippen LogP contribution in [0.3, 0.4) is 0 Å². The van der Waals surface area contributed by atoms with Crippen LogP contribution in [0.1, 0.15) is 37.3 Å². The third-order valence-corrected chi connectivity index (χ3v) is 4.11. The van der Waals surface area contributed by atoms with Gasteiger partial charge in [0.05, 0.1) is 17.2 Å². The summed E-state index contributed by atoms with van der Waals surface area (Å²) in [5.41, 5.74) is 6.49. The van der Waals surface area contributed by atoms with Crippen molar-refractivity contribution >= 4 is 11.6 Å². The molecule has 0 aliphatic heterocycles. The number of hydrogen-bond donors (Lipinski definition) is 2. The Morgan fingerprint density at radius 3 is 2.43 bits per heavy atom. The zero-order valence-corrected chi connectivity index (χ0v) is 12.0. The minimum Gasteiger partial charge on any atom is -0.404 e. The van der Waals surface area contributed by atoms with Crippen LogP contribution in [0.15, 0.2) is 18.2 Å². The van der Waals surface area contributed by atoms with Gasteiger partial charge < -0.3 is 15.6 Å². The lowest BCUT2D eigenvalue weighted by atomic mass is 9.91. The Kier molecular flexibility index (Phi) is 5.01. The van der Waals surface area contributed by atoms with Gasteiger partial charge in [-0.05, 0) is 36.5 Å². The van der Waals surface area contributed by atoms with Crippen molar-refractivity contribution in [2.45, 2.75) is 44.2 Å². The molecule has 0 heterocycles. The molecule has 0 aromatic heterocycles. The highest BCUT2D eigenvalue weighted by molar-refractivity contribution is 6.32. The van der Waals surface area contributed by atoms with Crippen LogP contribution in [0, 0.1) is 5.92 Å². The van der Waals surface area contributed by atoms with Gasteiger partial charge in [-0.3, -0.25) is 0 Å². The third-order valence-electron chi connectivity index (χ3n) is 3.82. The molecule has 2 atom stereocenters. The van der Waals surface area contributed by atoms with Crippen molar-refractivity contribution in [2.75, 3.05) is 0 Å². The summed E-state index contributed by atoms with van der Waals surface area (Å²) in [6.45, 7) is 0. The Morgan fingerprint density at radius 1 is 1.29 bits per heavy atom. The number of hydrogen-bond acceptors (Lipinski definition) is 3. The molecule has 2 rings (SSSR count). The Balaban J connectivity index is 2.11. The molecule has 1 fully saturated rings. The summed E-state index contributed by atoms with van der Waals surface area (Å²) in [5.74, 6) is -0.347. The van der Waals surface area contributed by atoms with E-state index in [0.29, 0.717) is 5.56 Å². The smallest absolute Gasteiger partial charge is 0.404 e. The first-order valence-electron chi connectivity index (χ1n) is 6.77. The summed E-state index contributed by atoms with van der Waals surface area (Å²) in [6.07, 6.45) is -1.56. The molecule has 0 spiro atoms. The summed E-state index contributed by atoms with van der Waals surface area (Å²) in [6, 6.07) is 3.15. The maximum absolute atomic E-state index is 12.2. The van der Waals surface area contributed by atoms with Gasteiger partial charge in [0.1, 0.15) is 5.75 Å². The van der Waals surface area contributed by atoms with Crippen LogP contribution in [-0.4, -0.2) is 17.6 Å². The number of ether oxygens (including phenoxy) is 1. The second kappa shape index (κ2) is 6.42. The fraction of sp³-hybridized carbons (Fsp3) is 0.571. The van der Waals surface area contributed by atoms with E-state index in [-0.39, 0.29) is 10.9 Å². The molecule has 1 saturated carbocycles. The normalized spacial score (nSPS) is 19.5. The second-order valence-electron chi connectivity index (χ2n) is 5.30. The molecule has 3 N–H and O–H groups in total. The van der Waals surface area contributed by atoms with Crippen LogP contribution in [0.2, 0.25) is 5.02 Å². The molecule has 0 saturated heterocycles. The number of nitrogens with two attached hydrogens (primary N) is 1. The van der Waals surface area contributed by atoms with E-state index in [1.165, 1.54) is 12.1 Å². The van der Waals surface area contributed by atoms with Crippen molar-refractivity contribution in [3.63, 3.8) is 0 Å². The van der Waals surface area contributed by atoms with E-state index < -0.39 is 24.3 Å². The van der Waals surface area contributed by atoms with E-state index in [4.69, 9.17) is 17.3 Å². The third kappa shape index (κ3) is 4.25. The highest BCUT2D eigenvalue weighted by Gasteiger charge is 2.33. The summed E-state index contributed by atoms with van der Waals surface area (Å²) in [7, 11) is 0. The highest BCUT2D eigenvalue weighted by atomic mass is 35.5. The van der Waals surface area contributed by atoms with Crippen LogP contribution in [0.5, 0.6) is 5.75 Å². The van der Waals surface area contributed by atoms with Crippen molar-refractivity contribution in [1.82, 2.24) is 0 Å². The minimum absolute atomic E-state index is 0.130. The van der Waals surface area contributed by atoms with Gasteiger partial charge >= 0.3 is 6.36 Å². The van der Waals surface area contributed by atoms with Gasteiger partial charge in [0, 0.05) is 0 Å². The fourth-order valence-corrected chi connectivity index (χ4v) is 2.95.